The van der Waals surface area contributed by atoms with Crippen molar-refractivity contribution in [3.8, 4) is 17.1 Å². The first-order valence-electron chi connectivity index (χ1n) is 9.17. The predicted octanol–water partition coefficient (Wildman–Crippen LogP) is 4.65. The van der Waals surface area contributed by atoms with Crippen molar-refractivity contribution in [3.05, 3.63) is 78.1 Å². The maximum atomic E-state index is 5.55. The fourth-order valence-corrected chi connectivity index (χ4v) is 3.34. The third kappa shape index (κ3) is 3.51. The van der Waals surface area contributed by atoms with Crippen molar-refractivity contribution in [3.63, 3.8) is 0 Å². The molecular formula is C23H22N4O. The van der Waals surface area contributed by atoms with Gasteiger partial charge in [0.05, 0.1) is 12.6 Å². The largest absolute Gasteiger partial charge is 0.496 e. The van der Waals surface area contributed by atoms with E-state index in [-0.39, 0.29) is 0 Å². The van der Waals surface area contributed by atoms with Gasteiger partial charge in [-0.2, -0.15) is 0 Å². The zero-order chi connectivity index (χ0) is 19.5. The number of fused-ring (bicyclic) bond motifs is 1. The van der Waals surface area contributed by atoms with Crippen LogP contribution in [0.15, 0.2) is 67.0 Å². The lowest BCUT2D eigenvalue weighted by atomic mass is 10.1. The third-order valence-corrected chi connectivity index (χ3v) is 4.71. The number of rotatable bonds is 5. The van der Waals surface area contributed by atoms with E-state index < -0.39 is 0 Å². The number of pyridine rings is 1. The number of nitrogens with zero attached hydrogens (tertiary/aromatic N) is 4. The predicted molar refractivity (Wildman–Crippen MR) is 113 cm³/mol. The summed E-state index contributed by atoms with van der Waals surface area (Å²) in [6.45, 7) is 2.77. The molecule has 2 aromatic heterocycles. The van der Waals surface area contributed by atoms with E-state index in [4.69, 9.17) is 14.7 Å². The second-order valence-corrected chi connectivity index (χ2v) is 6.80. The van der Waals surface area contributed by atoms with Gasteiger partial charge in [-0.1, -0.05) is 29.8 Å². The van der Waals surface area contributed by atoms with Crippen LogP contribution in [0.4, 0.5) is 5.82 Å². The van der Waals surface area contributed by atoms with Gasteiger partial charge in [-0.15, -0.1) is 0 Å². The molecule has 0 amide bonds. The number of para-hydroxylation sites is 1. The van der Waals surface area contributed by atoms with E-state index in [0.717, 1.165) is 33.6 Å². The molecular weight excluding hydrogens is 348 g/mol. The lowest BCUT2D eigenvalue weighted by Crippen LogP contribution is -2.19. The monoisotopic (exact) mass is 370 g/mol. The Labute approximate surface area is 164 Å². The highest BCUT2D eigenvalue weighted by Crippen LogP contribution is 2.29. The minimum atomic E-state index is 0.671. The molecule has 0 aliphatic heterocycles. The van der Waals surface area contributed by atoms with Crippen LogP contribution in [-0.4, -0.2) is 29.1 Å². The molecule has 5 nitrogen and oxygen atoms in total. The van der Waals surface area contributed by atoms with Crippen molar-refractivity contribution in [2.75, 3.05) is 19.1 Å². The Balaban J connectivity index is 1.80. The van der Waals surface area contributed by atoms with Gasteiger partial charge < -0.3 is 9.64 Å². The van der Waals surface area contributed by atoms with Gasteiger partial charge >= 0.3 is 0 Å². The molecule has 4 aromatic rings. The molecule has 28 heavy (non-hydrogen) atoms. The number of anilines is 1. The number of hydrogen-bond donors (Lipinski definition) is 0. The molecule has 0 N–H and O–H groups in total. The Kier molecular flexibility index (Phi) is 4.89. The van der Waals surface area contributed by atoms with Gasteiger partial charge in [0.25, 0.3) is 0 Å². The maximum absolute atomic E-state index is 5.55. The summed E-state index contributed by atoms with van der Waals surface area (Å²) in [6, 6.07) is 18.2. The molecule has 0 saturated carbocycles. The van der Waals surface area contributed by atoms with E-state index in [0.29, 0.717) is 12.4 Å². The topological polar surface area (TPSA) is 51.1 Å². The van der Waals surface area contributed by atoms with Crippen LogP contribution in [0.5, 0.6) is 5.75 Å². The van der Waals surface area contributed by atoms with E-state index in [2.05, 4.69) is 35.0 Å². The highest BCUT2D eigenvalue weighted by molar-refractivity contribution is 5.91. The van der Waals surface area contributed by atoms with Crippen molar-refractivity contribution in [1.29, 1.82) is 0 Å². The molecule has 2 aromatic carbocycles. The average molecular weight is 370 g/mol. The molecule has 5 heteroatoms. The molecule has 0 spiro atoms. The zero-order valence-corrected chi connectivity index (χ0v) is 16.3. The van der Waals surface area contributed by atoms with E-state index in [1.807, 2.05) is 43.4 Å². The SMILES string of the molecule is COc1ccc(C)cc1CN(C)c1nc(-c2cccnc2)nc2ccccc12. The molecule has 0 radical (unpaired) electrons. The summed E-state index contributed by atoms with van der Waals surface area (Å²) < 4.78 is 5.55. The van der Waals surface area contributed by atoms with Crippen molar-refractivity contribution >= 4 is 16.7 Å². The summed E-state index contributed by atoms with van der Waals surface area (Å²) in [4.78, 5) is 16.0. The molecule has 0 bridgehead atoms. The Morgan fingerprint density at radius 3 is 2.64 bits per heavy atom. The Morgan fingerprint density at radius 2 is 1.86 bits per heavy atom. The quantitative estimate of drug-likeness (QED) is 0.512. The summed E-state index contributed by atoms with van der Waals surface area (Å²) in [5.74, 6) is 2.43. The molecule has 0 unspecified atom stereocenters. The second-order valence-electron chi connectivity index (χ2n) is 6.80. The number of methoxy groups -OCH3 is 1. The van der Waals surface area contributed by atoms with Crippen LogP contribution < -0.4 is 9.64 Å². The molecule has 4 rings (SSSR count). The summed E-state index contributed by atoms with van der Waals surface area (Å²) in [5, 5.41) is 1.02. The van der Waals surface area contributed by atoms with E-state index >= 15 is 0 Å². The molecule has 0 atom stereocenters. The first-order chi connectivity index (χ1) is 13.7. The summed E-state index contributed by atoms with van der Waals surface area (Å²) in [6.07, 6.45) is 3.54. The van der Waals surface area contributed by atoms with Crippen LogP contribution in [0, 0.1) is 6.92 Å². The molecule has 0 aliphatic carbocycles. The van der Waals surface area contributed by atoms with Gasteiger partial charge in [-0.3, -0.25) is 4.98 Å². The van der Waals surface area contributed by atoms with Gasteiger partial charge in [0.2, 0.25) is 0 Å². The third-order valence-electron chi connectivity index (χ3n) is 4.71. The zero-order valence-electron chi connectivity index (χ0n) is 16.3. The van der Waals surface area contributed by atoms with E-state index in [1.54, 1.807) is 19.5 Å². The lowest BCUT2D eigenvalue weighted by molar-refractivity contribution is 0.409. The van der Waals surface area contributed by atoms with Gasteiger partial charge in [-0.05, 0) is 37.3 Å². The number of hydrogen-bond acceptors (Lipinski definition) is 5. The summed E-state index contributed by atoms with van der Waals surface area (Å²) in [7, 11) is 3.75. The van der Waals surface area contributed by atoms with Crippen molar-refractivity contribution in [1.82, 2.24) is 15.0 Å². The fourth-order valence-electron chi connectivity index (χ4n) is 3.34. The smallest absolute Gasteiger partial charge is 0.163 e. The first-order valence-corrected chi connectivity index (χ1v) is 9.17. The van der Waals surface area contributed by atoms with Crippen LogP contribution in [0.25, 0.3) is 22.3 Å². The van der Waals surface area contributed by atoms with Crippen molar-refractivity contribution < 1.29 is 4.74 Å². The molecule has 0 saturated heterocycles. The second kappa shape index (κ2) is 7.64. The minimum Gasteiger partial charge on any atom is -0.496 e. The molecule has 2 heterocycles. The van der Waals surface area contributed by atoms with Crippen LogP contribution in [0.2, 0.25) is 0 Å². The molecule has 0 fully saturated rings. The van der Waals surface area contributed by atoms with Crippen LogP contribution >= 0.6 is 0 Å². The average Bonchev–Trinajstić information content (AvgIpc) is 2.73. The molecule has 0 aliphatic rings. The normalized spacial score (nSPS) is 10.8. The standard InChI is InChI=1S/C23H22N4O/c1-16-10-11-21(28-3)18(13-16)15-27(2)23-19-8-4-5-9-20(19)25-22(26-23)17-7-6-12-24-14-17/h4-14H,15H2,1-3H3. The van der Waals surface area contributed by atoms with E-state index in [9.17, 15) is 0 Å². The summed E-state index contributed by atoms with van der Waals surface area (Å²) >= 11 is 0. The van der Waals surface area contributed by atoms with Crippen molar-refractivity contribution in [2.24, 2.45) is 0 Å². The number of ether oxygens (including phenoxy) is 1. The lowest BCUT2D eigenvalue weighted by Gasteiger charge is -2.22. The Bertz CT molecular complexity index is 1110. The number of benzene rings is 2. The van der Waals surface area contributed by atoms with Crippen LogP contribution in [-0.2, 0) is 6.54 Å². The fraction of sp³-hybridized carbons (Fsp3) is 0.174. The number of aryl methyl sites for hydroxylation is 1. The minimum absolute atomic E-state index is 0.671. The first kappa shape index (κ1) is 17.9. The van der Waals surface area contributed by atoms with Crippen molar-refractivity contribution in [2.45, 2.75) is 13.5 Å². The van der Waals surface area contributed by atoms with Gasteiger partial charge in [-0.25, -0.2) is 9.97 Å². The van der Waals surface area contributed by atoms with Crippen LogP contribution in [0.3, 0.4) is 0 Å². The van der Waals surface area contributed by atoms with E-state index in [1.165, 1.54) is 5.56 Å². The Hall–Kier alpha value is -3.47. The maximum Gasteiger partial charge on any atom is 0.163 e. The summed E-state index contributed by atoms with van der Waals surface area (Å²) in [5.41, 5.74) is 4.13. The Morgan fingerprint density at radius 1 is 1.00 bits per heavy atom. The van der Waals surface area contributed by atoms with Crippen LogP contribution in [0.1, 0.15) is 11.1 Å². The highest BCUT2D eigenvalue weighted by atomic mass is 16.5. The van der Waals surface area contributed by atoms with Gasteiger partial charge in [0.15, 0.2) is 5.82 Å². The molecule has 140 valence electrons. The highest BCUT2D eigenvalue weighted by Gasteiger charge is 2.15. The van der Waals surface area contributed by atoms with Gasteiger partial charge in [0, 0.05) is 42.5 Å². The van der Waals surface area contributed by atoms with Gasteiger partial charge in [0.1, 0.15) is 11.6 Å². The number of aromatic nitrogens is 3.